The van der Waals surface area contributed by atoms with Gasteiger partial charge in [0, 0.05) is 55.2 Å². The molecule has 0 spiro atoms. The highest BCUT2D eigenvalue weighted by atomic mass is 35.5. The molecule has 3 rings (SSSR count). The van der Waals surface area contributed by atoms with Crippen LogP contribution in [0.5, 0.6) is 5.75 Å². The second-order valence-corrected chi connectivity index (χ2v) is 8.72. The lowest BCUT2D eigenvalue weighted by Gasteiger charge is -2.32. The minimum absolute atomic E-state index is 0.172. The molecule has 1 fully saturated rings. The van der Waals surface area contributed by atoms with Gasteiger partial charge in [-0.25, -0.2) is 9.97 Å². The number of halogens is 1. The molecular weight excluding hydrogens is 416 g/mol. The summed E-state index contributed by atoms with van der Waals surface area (Å²) in [6.45, 7) is 6.43. The molecule has 0 bridgehead atoms. The lowest BCUT2D eigenvalue weighted by molar-refractivity contribution is 0.0853. The number of benzene rings is 1. The number of anilines is 1. The van der Waals surface area contributed by atoms with Crippen LogP contribution in [-0.2, 0) is 4.74 Å². The molecule has 7 nitrogen and oxygen atoms in total. The van der Waals surface area contributed by atoms with E-state index < -0.39 is 6.10 Å². The van der Waals surface area contributed by atoms with Crippen molar-refractivity contribution < 1.29 is 14.6 Å². The van der Waals surface area contributed by atoms with E-state index in [1.807, 2.05) is 12.1 Å². The third-order valence-electron chi connectivity index (χ3n) is 5.44. The molecule has 1 saturated heterocycles. The zero-order valence-corrected chi connectivity index (χ0v) is 19.5. The van der Waals surface area contributed by atoms with E-state index in [1.54, 1.807) is 13.1 Å². The first-order valence-corrected chi connectivity index (χ1v) is 11.2. The van der Waals surface area contributed by atoms with Gasteiger partial charge in [0.2, 0.25) is 0 Å². The first-order chi connectivity index (χ1) is 14.9. The van der Waals surface area contributed by atoms with Crippen molar-refractivity contribution in [2.24, 2.45) is 0 Å². The monoisotopic (exact) mass is 448 g/mol. The summed E-state index contributed by atoms with van der Waals surface area (Å²) in [5.41, 5.74) is 1.76. The van der Waals surface area contributed by atoms with Gasteiger partial charge in [0.15, 0.2) is 5.82 Å². The number of hydrogen-bond acceptors (Lipinski definition) is 7. The van der Waals surface area contributed by atoms with Crippen LogP contribution in [0.4, 0.5) is 5.82 Å². The van der Waals surface area contributed by atoms with Crippen molar-refractivity contribution in [3.63, 3.8) is 0 Å². The third-order valence-corrected chi connectivity index (χ3v) is 5.65. The summed E-state index contributed by atoms with van der Waals surface area (Å²) in [5, 5.41) is 13.4. The number of aliphatic hydroxyl groups excluding tert-OH is 1. The van der Waals surface area contributed by atoms with Crippen LogP contribution in [-0.4, -0.2) is 67.7 Å². The molecule has 31 heavy (non-hydrogen) atoms. The van der Waals surface area contributed by atoms with Crippen LogP contribution < -0.4 is 15.0 Å². The van der Waals surface area contributed by atoms with Gasteiger partial charge in [0.25, 0.3) is 0 Å². The van der Waals surface area contributed by atoms with Gasteiger partial charge >= 0.3 is 0 Å². The first kappa shape index (κ1) is 23.7. The van der Waals surface area contributed by atoms with Crippen LogP contribution >= 0.6 is 11.6 Å². The zero-order valence-electron chi connectivity index (χ0n) is 18.8. The van der Waals surface area contributed by atoms with Crippen molar-refractivity contribution in [2.45, 2.75) is 44.8 Å². The third kappa shape index (κ3) is 6.53. The van der Waals surface area contributed by atoms with Crippen LogP contribution in [0.25, 0.3) is 11.4 Å². The minimum atomic E-state index is -0.604. The lowest BCUT2D eigenvalue weighted by Crippen LogP contribution is -2.37. The molecule has 1 unspecified atom stereocenters. The molecule has 1 aliphatic heterocycles. The van der Waals surface area contributed by atoms with Gasteiger partial charge < -0.3 is 24.8 Å². The summed E-state index contributed by atoms with van der Waals surface area (Å²) < 4.78 is 11.3. The summed E-state index contributed by atoms with van der Waals surface area (Å²) in [6.07, 6.45) is 1.36. The van der Waals surface area contributed by atoms with Crippen molar-refractivity contribution in [3.05, 3.63) is 35.0 Å². The average Bonchev–Trinajstić information content (AvgIpc) is 2.77. The maximum Gasteiger partial charge on any atom is 0.161 e. The van der Waals surface area contributed by atoms with Gasteiger partial charge in [-0.05, 0) is 44.0 Å². The van der Waals surface area contributed by atoms with Gasteiger partial charge in [-0.15, -0.1) is 0 Å². The fraction of sp³-hybridized carbons (Fsp3) is 0.565. The molecule has 2 aromatic rings. The van der Waals surface area contributed by atoms with E-state index in [9.17, 15) is 5.11 Å². The van der Waals surface area contributed by atoms with Crippen molar-refractivity contribution in [1.82, 2.24) is 15.3 Å². The predicted molar refractivity (Wildman–Crippen MR) is 124 cm³/mol. The van der Waals surface area contributed by atoms with Gasteiger partial charge in [-0.2, -0.15) is 0 Å². The number of likely N-dealkylation sites (N-methyl/N-ethyl adjacent to an activating group) is 1. The van der Waals surface area contributed by atoms with Crippen molar-refractivity contribution in [2.75, 3.05) is 45.4 Å². The number of rotatable bonds is 9. The molecule has 1 aliphatic rings. The van der Waals surface area contributed by atoms with Gasteiger partial charge in [-0.3, -0.25) is 0 Å². The number of hydrogen-bond donors (Lipinski definition) is 2. The Morgan fingerprint density at radius 2 is 1.97 bits per heavy atom. The minimum Gasteiger partial charge on any atom is -0.491 e. The summed E-state index contributed by atoms with van der Waals surface area (Å²) in [7, 11) is 3.87. The van der Waals surface area contributed by atoms with Crippen LogP contribution in [0.2, 0.25) is 5.02 Å². The van der Waals surface area contributed by atoms with Crippen molar-refractivity contribution in [3.8, 4) is 17.1 Å². The highest BCUT2D eigenvalue weighted by Crippen LogP contribution is 2.30. The maximum absolute atomic E-state index is 9.93. The molecule has 1 atom stereocenters. The number of ether oxygens (including phenoxy) is 2. The molecule has 170 valence electrons. The normalized spacial score (nSPS) is 15.8. The number of nitrogens with one attached hydrogen (secondary N) is 1. The van der Waals surface area contributed by atoms with E-state index in [4.69, 9.17) is 31.0 Å². The predicted octanol–water partition coefficient (Wildman–Crippen LogP) is 3.49. The van der Waals surface area contributed by atoms with E-state index in [0.717, 1.165) is 43.1 Å². The Kier molecular flexibility index (Phi) is 8.49. The van der Waals surface area contributed by atoms with E-state index >= 15 is 0 Å². The fourth-order valence-corrected chi connectivity index (χ4v) is 3.80. The number of nitrogens with zero attached hydrogens (tertiary/aromatic N) is 3. The van der Waals surface area contributed by atoms with E-state index in [2.05, 4.69) is 37.2 Å². The Morgan fingerprint density at radius 3 is 2.65 bits per heavy atom. The topological polar surface area (TPSA) is 79.7 Å². The highest BCUT2D eigenvalue weighted by Gasteiger charge is 2.22. The molecule has 2 N–H and O–H groups in total. The van der Waals surface area contributed by atoms with Crippen molar-refractivity contribution in [1.29, 1.82) is 0 Å². The van der Waals surface area contributed by atoms with Crippen LogP contribution in [0.3, 0.4) is 0 Å². The number of aromatic nitrogens is 2. The van der Waals surface area contributed by atoms with Gasteiger partial charge in [0.05, 0.1) is 0 Å². The van der Waals surface area contributed by atoms with E-state index in [0.29, 0.717) is 29.2 Å². The standard InChI is InChI=1S/C23H33ClN4O3/c1-15(2)21-12-22(28(4)18-5-7-30-8-6-18)27-23(26-21)16-9-17(24)11-20(10-16)31-14-19(29)13-25-3/h9-12,15,18-19,25,29H,5-8,13-14H2,1-4H3. The van der Waals surface area contributed by atoms with Gasteiger partial charge in [0.1, 0.15) is 24.3 Å². The zero-order chi connectivity index (χ0) is 22.4. The second kappa shape index (κ2) is 11.1. The summed E-state index contributed by atoms with van der Waals surface area (Å²) in [4.78, 5) is 11.9. The molecule has 0 amide bonds. The Morgan fingerprint density at radius 1 is 1.23 bits per heavy atom. The Labute approximate surface area is 189 Å². The molecule has 0 aliphatic carbocycles. The molecule has 1 aromatic heterocycles. The summed E-state index contributed by atoms with van der Waals surface area (Å²) in [5.74, 6) is 2.35. The van der Waals surface area contributed by atoms with E-state index in [-0.39, 0.29) is 12.5 Å². The largest absolute Gasteiger partial charge is 0.491 e. The second-order valence-electron chi connectivity index (χ2n) is 8.28. The number of aliphatic hydroxyl groups is 1. The first-order valence-electron chi connectivity index (χ1n) is 10.8. The lowest BCUT2D eigenvalue weighted by atomic mass is 10.1. The van der Waals surface area contributed by atoms with Crippen LogP contribution in [0, 0.1) is 0 Å². The SMILES string of the molecule is CNCC(O)COc1cc(Cl)cc(-c2nc(C(C)C)cc(N(C)C3CCOCC3)n2)c1. The molecule has 1 aromatic carbocycles. The van der Waals surface area contributed by atoms with E-state index in [1.165, 1.54) is 0 Å². The Hall–Kier alpha value is -1.93. The molecule has 8 heteroatoms. The molecule has 0 radical (unpaired) electrons. The smallest absolute Gasteiger partial charge is 0.161 e. The quantitative estimate of drug-likeness (QED) is 0.607. The van der Waals surface area contributed by atoms with Gasteiger partial charge in [-0.1, -0.05) is 25.4 Å². The highest BCUT2D eigenvalue weighted by molar-refractivity contribution is 6.31. The molecule has 2 heterocycles. The molecule has 0 saturated carbocycles. The Bertz CT molecular complexity index is 859. The van der Waals surface area contributed by atoms with Crippen LogP contribution in [0.1, 0.15) is 38.3 Å². The summed E-state index contributed by atoms with van der Waals surface area (Å²) >= 11 is 6.37. The Balaban J connectivity index is 1.91. The summed E-state index contributed by atoms with van der Waals surface area (Å²) in [6, 6.07) is 7.91. The van der Waals surface area contributed by atoms with Crippen LogP contribution in [0.15, 0.2) is 24.3 Å². The maximum atomic E-state index is 9.93. The fourth-order valence-electron chi connectivity index (χ4n) is 3.58. The average molecular weight is 449 g/mol. The molecular formula is C23H33ClN4O3. The van der Waals surface area contributed by atoms with Crippen molar-refractivity contribution >= 4 is 17.4 Å².